The number of hydrogen-bond donors (Lipinski definition) is 2. The second kappa shape index (κ2) is 7.72. The molecule has 0 spiro atoms. The predicted octanol–water partition coefficient (Wildman–Crippen LogP) is 3.23. The minimum atomic E-state index is -0.107. The van der Waals surface area contributed by atoms with Gasteiger partial charge in [0, 0.05) is 42.7 Å². The number of ether oxygens (including phenoxy) is 1. The van der Waals surface area contributed by atoms with E-state index in [2.05, 4.69) is 25.2 Å². The third kappa shape index (κ3) is 2.91. The van der Waals surface area contributed by atoms with Gasteiger partial charge in [-0.1, -0.05) is 11.2 Å². The molecule has 36 heavy (non-hydrogen) atoms. The van der Waals surface area contributed by atoms with Crippen molar-refractivity contribution in [3.8, 4) is 17.0 Å². The number of aryl methyl sites for hydroxylation is 1. The van der Waals surface area contributed by atoms with Crippen LogP contribution >= 0.6 is 0 Å². The molecule has 3 atom stereocenters. The van der Waals surface area contributed by atoms with Crippen molar-refractivity contribution >= 4 is 27.9 Å². The molecule has 0 unspecified atom stereocenters. The number of hydrogen-bond acceptors (Lipinski definition) is 9. The van der Waals surface area contributed by atoms with Crippen molar-refractivity contribution in [3.05, 3.63) is 54.2 Å². The minimum absolute atomic E-state index is 0.107. The number of rotatable bonds is 5. The zero-order valence-corrected chi connectivity index (χ0v) is 20.1. The van der Waals surface area contributed by atoms with E-state index < -0.39 is 0 Å². The lowest BCUT2D eigenvalue weighted by atomic mass is 9.97. The number of methoxy groups -OCH3 is 1. The molecule has 0 amide bonds. The van der Waals surface area contributed by atoms with Gasteiger partial charge in [0.2, 0.25) is 0 Å². The van der Waals surface area contributed by atoms with Crippen molar-refractivity contribution < 1.29 is 9.26 Å². The Hall–Kier alpha value is -4.05. The van der Waals surface area contributed by atoms with E-state index in [-0.39, 0.29) is 5.41 Å². The van der Waals surface area contributed by atoms with Crippen molar-refractivity contribution in [1.82, 2.24) is 30.3 Å². The van der Waals surface area contributed by atoms with Gasteiger partial charge in [-0.2, -0.15) is 5.10 Å². The lowest BCUT2D eigenvalue weighted by molar-refractivity contribution is 0.379. The summed E-state index contributed by atoms with van der Waals surface area (Å²) in [5.41, 5.74) is 10.9. The Balaban J connectivity index is 1.23. The van der Waals surface area contributed by atoms with E-state index in [0.29, 0.717) is 41.0 Å². The first-order valence-electron chi connectivity index (χ1n) is 12.2. The molecule has 10 heteroatoms. The number of nitrogens with one attached hydrogen (secondary N) is 1. The number of aromatic amines is 1. The fourth-order valence-corrected chi connectivity index (χ4v) is 6.22. The highest BCUT2D eigenvalue weighted by molar-refractivity contribution is 6.03. The molecule has 182 valence electrons. The number of benzene rings is 1. The predicted molar refractivity (Wildman–Crippen MR) is 135 cm³/mol. The van der Waals surface area contributed by atoms with Gasteiger partial charge in [0.1, 0.15) is 28.5 Å². The summed E-state index contributed by atoms with van der Waals surface area (Å²) in [5, 5.41) is 13.0. The molecule has 5 aromatic rings. The van der Waals surface area contributed by atoms with E-state index in [1.807, 2.05) is 43.5 Å². The Kier molecular flexibility index (Phi) is 4.56. The number of anilines is 1. The van der Waals surface area contributed by atoms with E-state index >= 15 is 0 Å². The van der Waals surface area contributed by atoms with Crippen LogP contribution < -0.4 is 15.4 Å². The zero-order chi connectivity index (χ0) is 24.4. The summed E-state index contributed by atoms with van der Waals surface area (Å²) in [4.78, 5) is 16.5. The van der Waals surface area contributed by atoms with Gasteiger partial charge in [-0.05, 0) is 43.4 Å². The molecule has 1 saturated heterocycles. The lowest BCUT2D eigenvalue weighted by Crippen LogP contribution is -2.32. The summed E-state index contributed by atoms with van der Waals surface area (Å²) in [7, 11) is 1.66. The maximum absolute atomic E-state index is 6.29. The highest BCUT2D eigenvalue weighted by Gasteiger charge is 2.67. The Morgan fingerprint density at radius 2 is 2.17 bits per heavy atom. The number of nitrogens with zero attached hydrogens (tertiary/aromatic N) is 6. The van der Waals surface area contributed by atoms with Crippen LogP contribution in [-0.4, -0.2) is 57.1 Å². The Morgan fingerprint density at radius 3 is 2.97 bits per heavy atom. The number of pyridine rings is 1. The third-order valence-corrected chi connectivity index (χ3v) is 8.05. The van der Waals surface area contributed by atoms with Crippen LogP contribution in [0.4, 0.5) is 5.82 Å². The van der Waals surface area contributed by atoms with Crippen molar-refractivity contribution in [1.29, 1.82) is 0 Å². The molecule has 1 aromatic carbocycles. The van der Waals surface area contributed by atoms with E-state index in [0.717, 1.165) is 53.2 Å². The van der Waals surface area contributed by atoms with Crippen molar-refractivity contribution in [2.75, 3.05) is 31.6 Å². The summed E-state index contributed by atoms with van der Waals surface area (Å²) < 4.78 is 11.0. The molecular weight excluding hydrogens is 456 g/mol. The molecule has 2 fully saturated rings. The van der Waals surface area contributed by atoms with Crippen LogP contribution in [0.2, 0.25) is 0 Å². The standard InChI is InChI=1S/C26H26N8O2/c1-14-10-20(33-36-14)26(13-27)16-7-9-34(12-17(16)26)21-11-29-24-23(31-32-25(24)30-21)22-15-4-3-8-28-18(15)5-6-19(22)35-2/h3-6,8,10-11,16-17H,7,9,12-13,27H2,1-2H3,(H,30,31,32)/t16-,17+,26+/m1/s1. The van der Waals surface area contributed by atoms with E-state index in [1.54, 1.807) is 13.3 Å². The summed E-state index contributed by atoms with van der Waals surface area (Å²) in [6, 6.07) is 9.81. The first kappa shape index (κ1) is 21.3. The highest BCUT2D eigenvalue weighted by Crippen LogP contribution is 2.62. The maximum Gasteiger partial charge on any atom is 0.177 e. The van der Waals surface area contributed by atoms with Gasteiger partial charge in [-0.25, -0.2) is 9.97 Å². The van der Waals surface area contributed by atoms with Crippen molar-refractivity contribution in [2.45, 2.75) is 18.8 Å². The second-order valence-corrected chi connectivity index (χ2v) is 9.73. The average Bonchev–Trinajstić information content (AvgIpc) is 3.16. The zero-order valence-electron chi connectivity index (χ0n) is 20.1. The Bertz CT molecular complexity index is 1610. The molecule has 0 bridgehead atoms. The number of piperidine rings is 1. The normalized spacial score (nSPS) is 23.2. The summed E-state index contributed by atoms with van der Waals surface area (Å²) in [6.07, 6.45) is 4.64. The van der Waals surface area contributed by atoms with Gasteiger partial charge in [-0.15, -0.1) is 0 Å². The number of fused-ring (bicyclic) bond motifs is 3. The van der Waals surface area contributed by atoms with Gasteiger partial charge in [0.15, 0.2) is 5.65 Å². The summed E-state index contributed by atoms with van der Waals surface area (Å²) in [6.45, 7) is 4.24. The highest BCUT2D eigenvalue weighted by atomic mass is 16.5. The molecule has 4 aromatic heterocycles. The molecule has 1 aliphatic heterocycles. The van der Waals surface area contributed by atoms with Crippen LogP contribution in [0.5, 0.6) is 5.75 Å². The molecule has 7 rings (SSSR count). The SMILES string of the molecule is COc1ccc2ncccc2c1-c1n[nH]c2nc(N3CC[C@@H]4[C@H](C3)[C@@]4(CN)c3cc(C)on3)cnc12. The first-order chi connectivity index (χ1) is 17.6. The van der Waals surface area contributed by atoms with Gasteiger partial charge in [0.25, 0.3) is 0 Å². The molecular formula is C26H26N8O2. The molecule has 1 saturated carbocycles. The van der Waals surface area contributed by atoms with Crippen LogP contribution in [0, 0.1) is 18.8 Å². The molecule has 5 heterocycles. The quantitative estimate of drug-likeness (QED) is 0.387. The summed E-state index contributed by atoms with van der Waals surface area (Å²) >= 11 is 0. The summed E-state index contributed by atoms with van der Waals surface area (Å²) in [5.74, 6) is 3.31. The number of nitrogens with two attached hydrogens (primary N) is 1. The monoisotopic (exact) mass is 482 g/mol. The van der Waals surface area contributed by atoms with Crippen LogP contribution in [0.1, 0.15) is 17.9 Å². The van der Waals surface area contributed by atoms with Gasteiger partial charge < -0.3 is 19.9 Å². The van der Waals surface area contributed by atoms with Crippen LogP contribution in [0.3, 0.4) is 0 Å². The number of aromatic nitrogens is 6. The molecule has 0 radical (unpaired) electrons. The molecule has 10 nitrogen and oxygen atoms in total. The maximum atomic E-state index is 6.29. The van der Waals surface area contributed by atoms with E-state index in [9.17, 15) is 0 Å². The Morgan fingerprint density at radius 1 is 1.25 bits per heavy atom. The lowest BCUT2D eigenvalue weighted by Gasteiger charge is -2.26. The third-order valence-electron chi connectivity index (χ3n) is 8.05. The van der Waals surface area contributed by atoms with Crippen LogP contribution in [-0.2, 0) is 5.41 Å². The van der Waals surface area contributed by atoms with Crippen LogP contribution in [0.25, 0.3) is 33.3 Å². The van der Waals surface area contributed by atoms with E-state index in [4.69, 9.17) is 25.0 Å². The Labute approximate surface area is 206 Å². The first-order valence-corrected chi connectivity index (χ1v) is 12.2. The second-order valence-electron chi connectivity index (χ2n) is 9.73. The number of H-pyrrole nitrogens is 1. The van der Waals surface area contributed by atoms with E-state index in [1.165, 1.54) is 0 Å². The van der Waals surface area contributed by atoms with Gasteiger partial charge in [0.05, 0.1) is 30.1 Å². The van der Waals surface area contributed by atoms with Crippen LogP contribution in [0.15, 0.2) is 47.2 Å². The molecule has 3 N–H and O–H groups in total. The fraction of sp³-hybridized carbons (Fsp3) is 0.346. The van der Waals surface area contributed by atoms with Crippen molar-refractivity contribution in [2.24, 2.45) is 17.6 Å². The van der Waals surface area contributed by atoms with Crippen molar-refractivity contribution in [3.63, 3.8) is 0 Å². The average molecular weight is 483 g/mol. The largest absolute Gasteiger partial charge is 0.496 e. The smallest absolute Gasteiger partial charge is 0.177 e. The van der Waals surface area contributed by atoms with Gasteiger partial charge >= 0.3 is 0 Å². The topological polar surface area (TPSA) is 132 Å². The molecule has 2 aliphatic rings. The fourth-order valence-electron chi connectivity index (χ4n) is 6.22. The minimum Gasteiger partial charge on any atom is -0.496 e. The molecule has 1 aliphatic carbocycles. The van der Waals surface area contributed by atoms with Gasteiger partial charge in [-0.3, -0.25) is 10.1 Å².